The smallest absolute Gasteiger partial charge is 0.262 e. The molecule has 0 atom stereocenters. The van der Waals surface area contributed by atoms with Crippen molar-refractivity contribution >= 4 is 33.0 Å². The van der Waals surface area contributed by atoms with Crippen LogP contribution in [0.25, 0.3) is 0 Å². The Labute approximate surface area is 130 Å². The van der Waals surface area contributed by atoms with Crippen LogP contribution in [0.5, 0.6) is 0 Å². The Hall–Kier alpha value is -1.72. The van der Waals surface area contributed by atoms with Crippen LogP contribution >= 0.6 is 11.6 Å². The lowest BCUT2D eigenvalue weighted by molar-refractivity contribution is 0.600. The summed E-state index contributed by atoms with van der Waals surface area (Å²) < 4.78 is 27.7. The van der Waals surface area contributed by atoms with Gasteiger partial charge in [-0.25, -0.2) is 8.42 Å². The first-order valence-corrected chi connectivity index (χ1v) is 8.22. The number of benzene rings is 2. The molecule has 0 spiro atoms. The molecule has 0 aromatic heterocycles. The lowest BCUT2D eigenvalue weighted by Gasteiger charge is -2.14. The van der Waals surface area contributed by atoms with Crippen molar-refractivity contribution in [3.8, 4) is 0 Å². The summed E-state index contributed by atoms with van der Waals surface area (Å²) in [6, 6.07) is 8.43. The molecular weight excluding hydrogens is 308 g/mol. The van der Waals surface area contributed by atoms with E-state index in [4.69, 9.17) is 17.3 Å². The van der Waals surface area contributed by atoms with Crippen molar-refractivity contribution in [3.63, 3.8) is 0 Å². The normalized spacial score (nSPS) is 11.4. The molecule has 0 aliphatic carbocycles. The molecule has 4 nitrogen and oxygen atoms in total. The Morgan fingerprint density at radius 3 is 2.14 bits per heavy atom. The monoisotopic (exact) mass is 324 g/mol. The average Bonchev–Trinajstić information content (AvgIpc) is 2.30. The van der Waals surface area contributed by atoms with Gasteiger partial charge < -0.3 is 5.73 Å². The summed E-state index contributed by atoms with van der Waals surface area (Å²) in [5.74, 6) is 0. The topological polar surface area (TPSA) is 72.2 Å². The van der Waals surface area contributed by atoms with E-state index >= 15 is 0 Å². The van der Waals surface area contributed by atoms with Crippen molar-refractivity contribution in [2.24, 2.45) is 0 Å². The van der Waals surface area contributed by atoms with Crippen molar-refractivity contribution in [1.82, 2.24) is 0 Å². The van der Waals surface area contributed by atoms with E-state index in [1.54, 1.807) is 44.2 Å². The minimum absolute atomic E-state index is 0.230. The quantitative estimate of drug-likeness (QED) is 0.846. The second kappa shape index (κ2) is 5.58. The summed E-state index contributed by atoms with van der Waals surface area (Å²) in [7, 11) is -3.72. The van der Waals surface area contributed by atoms with Gasteiger partial charge in [0.2, 0.25) is 0 Å². The number of anilines is 2. The predicted molar refractivity (Wildman–Crippen MR) is 87.3 cm³/mol. The molecule has 0 bridgehead atoms. The summed E-state index contributed by atoms with van der Waals surface area (Å²) in [5, 5.41) is 0.365. The van der Waals surface area contributed by atoms with E-state index in [2.05, 4.69) is 4.72 Å². The van der Waals surface area contributed by atoms with Gasteiger partial charge in [0.15, 0.2) is 0 Å². The maximum absolute atomic E-state index is 12.6. The minimum atomic E-state index is -3.72. The molecule has 0 fully saturated rings. The molecule has 0 unspecified atom stereocenters. The van der Waals surface area contributed by atoms with Gasteiger partial charge in [-0.15, -0.1) is 0 Å². The molecule has 0 heterocycles. The molecule has 0 saturated heterocycles. The first kappa shape index (κ1) is 15.7. The SMILES string of the molecule is Cc1ccc(NS(=O)(=O)c2c(C)cc(N)cc2C)c(Cl)c1. The van der Waals surface area contributed by atoms with E-state index in [9.17, 15) is 8.42 Å². The van der Waals surface area contributed by atoms with Crippen molar-refractivity contribution in [2.75, 3.05) is 10.5 Å². The molecule has 2 aromatic rings. The third-order valence-corrected chi connectivity index (χ3v) is 5.10. The molecule has 0 saturated carbocycles. The lowest BCUT2D eigenvalue weighted by atomic mass is 10.1. The second-order valence-electron chi connectivity index (χ2n) is 5.07. The maximum atomic E-state index is 12.6. The van der Waals surface area contributed by atoms with Gasteiger partial charge in [0.05, 0.1) is 15.6 Å². The van der Waals surface area contributed by atoms with Crippen LogP contribution in [0.2, 0.25) is 5.02 Å². The van der Waals surface area contributed by atoms with E-state index in [-0.39, 0.29) is 4.90 Å². The lowest BCUT2D eigenvalue weighted by Crippen LogP contribution is -2.16. The first-order valence-electron chi connectivity index (χ1n) is 6.36. The second-order valence-corrected chi connectivity index (χ2v) is 7.10. The molecule has 0 aliphatic rings. The van der Waals surface area contributed by atoms with Gasteiger partial charge in [0, 0.05) is 5.69 Å². The molecule has 0 radical (unpaired) electrons. The van der Waals surface area contributed by atoms with Gasteiger partial charge in [-0.05, 0) is 61.7 Å². The van der Waals surface area contributed by atoms with Gasteiger partial charge in [-0.1, -0.05) is 17.7 Å². The molecule has 6 heteroatoms. The number of rotatable bonds is 3. The Balaban J connectivity index is 2.48. The van der Waals surface area contributed by atoms with Crippen molar-refractivity contribution in [1.29, 1.82) is 0 Å². The summed E-state index contributed by atoms with van der Waals surface area (Å²) >= 11 is 6.08. The Bertz CT molecular complexity index is 778. The number of hydrogen-bond acceptors (Lipinski definition) is 3. The first-order chi connectivity index (χ1) is 9.70. The number of nitrogen functional groups attached to an aromatic ring is 1. The van der Waals surface area contributed by atoms with E-state index in [0.717, 1.165) is 5.56 Å². The van der Waals surface area contributed by atoms with Crippen LogP contribution in [-0.2, 0) is 10.0 Å². The van der Waals surface area contributed by atoms with Crippen LogP contribution in [0, 0.1) is 20.8 Å². The van der Waals surface area contributed by atoms with Crippen LogP contribution in [0.3, 0.4) is 0 Å². The van der Waals surface area contributed by atoms with Crippen LogP contribution in [0.1, 0.15) is 16.7 Å². The predicted octanol–water partition coefficient (Wildman–Crippen LogP) is 3.65. The fourth-order valence-corrected chi connectivity index (χ4v) is 4.18. The zero-order chi connectivity index (χ0) is 15.8. The molecule has 2 rings (SSSR count). The molecule has 21 heavy (non-hydrogen) atoms. The fourth-order valence-electron chi connectivity index (χ4n) is 2.31. The summed E-state index contributed by atoms with van der Waals surface area (Å²) in [4.78, 5) is 0.230. The van der Waals surface area contributed by atoms with Gasteiger partial charge in [0.25, 0.3) is 10.0 Å². The van der Waals surface area contributed by atoms with Crippen LogP contribution < -0.4 is 10.5 Å². The van der Waals surface area contributed by atoms with Crippen molar-refractivity contribution in [3.05, 3.63) is 52.0 Å². The number of nitrogens with one attached hydrogen (secondary N) is 1. The standard InChI is InChI=1S/C15H17ClN2O2S/c1-9-4-5-14(13(16)6-9)18-21(19,20)15-10(2)7-12(17)8-11(15)3/h4-8,18H,17H2,1-3H3. The van der Waals surface area contributed by atoms with Gasteiger partial charge in [-0.2, -0.15) is 0 Å². The summed E-state index contributed by atoms with van der Waals surface area (Å²) in [5.41, 5.74) is 8.79. The Kier molecular flexibility index (Phi) is 4.16. The number of sulfonamides is 1. The third-order valence-electron chi connectivity index (χ3n) is 3.12. The third kappa shape index (κ3) is 3.31. The number of halogens is 1. The van der Waals surface area contributed by atoms with E-state index in [1.807, 2.05) is 6.92 Å². The largest absolute Gasteiger partial charge is 0.399 e. The zero-order valence-corrected chi connectivity index (χ0v) is 13.6. The molecular formula is C15H17ClN2O2S. The molecule has 0 aliphatic heterocycles. The van der Waals surface area contributed by atoms with Crippen LogP contribution in [0.4, 0.5) is 11.4 Å². The van der Waals surface area contributed by atoms with Crippen LogP contribution in [-0.4, -0.2) is 8.42 Å². The highest BCUT2D eigenvalue weighted by atomic mass is 35.5. The number of aryl methyl sites for hydroxylation is 3. The molecule has 3 N–H and O–H groups in total. The fraction of sp³-hybridized carbons (Fsp3) is 0.200. The minimum Gasteiger partial charge on any atom is -0.399 e. The van der Waals surface area contributed by atoms with E-state index in [0.29, 0.717) is 27.5 Å². The van der Waals surface area contributed by atoms with Crippen LogP contribution in [0.15, 0.2) is 35.2 Å². The highest BCUT2D eigenvalue weighted by Crippen LogP contribution is 2.29. The highest BCUT2D eigenvalue weighted by molar-refractivity contribution is 7.92. The summed E-state index contributed by atoms with van der Waals surface area (Å²) in [6.45, 7) is 5.32. The Morgan fingerprint density at radius 2 is 1.62 bits per heavy atom. The molecule has 2 aromatic carbocycles. The van der Waals surface area contributed by atoms with E-state index in [1.165, 1.54) is 0 Å². The zero-order valence-electron chi connectivity index (χ0n) is 12.1. The molecule has 0 amide bonds. The number of nitrogens with two attached hydrogens (primary N) is 1. The Morgan fingerprint density at radius 1 is 1.05 bits per heavy atom. The van der Waals surface area contributed by atoms with Gasteiger partial charge in [-0.3, -0.25) is 4.72 Å². The van der Waals surface area contributed by atoms with E-state index < -0.39 is 10.0 Å². The van der Waals surface area contributed by atoms with Gasteiger partial charge >= 0.3 is 0 Å². The van der Waals surface area contributed by atoms with Crippen molar-refractivity contribution < 1.29 is 8.42 Å². The maximum Gasteiger partial charge on any atom is 0.262 e. The average molecular weight is 325 g/mol. The molecule has 112 valence electrons. The van der Waals surface area contributed by atoms with Crippen molar-refractivity contribution in [2.45, 2.75) is 25.7 Å². The highest BCUT2D eigenvalue weighted by Gasteiger charge is 2.21. The summed E-state index contributed by atoms with van der Waals surface area (Å²) in [6.07, 6.45) is 0. The number of hydrogen-bond donors (Lipinski definition) is 2. The van der Waals surface area contributed by atoms with Gasteiger partial charge in [0.1, 0.15) is 0 Å².